The molecule has 1 nitrogen and oxygen atoms in total. The number of fused-ring (bicyclic) bond motifs is 1. The van der Waals surface area contributed by atoms with Crippen LogP contribution in [-0.4, -0.2) is 12.7 Å². The van der Waals surface area contributed by atoms with E-state index in [0.29, 0.717) is 5.56 Å². The van der Waals surface area contributed by atoms with Crippen LogP contribution in [0.1, 0.15) is 29.7 Å². The molecule has 3 aromatic rings. The molecule has 0 spiro atoms. The predicted molar refractivity (Wildman–Crippen MR) is 100 cm³/mol. The first-order valence-corrected chi connectivity index (χ1v) is 8.86. The molecule has 0 heterocycles. The van der Waals surface area contributed by atoms with E-state index < -0.39 is 17.9 Å². The van der Waals surface area contributed by atoms with Crippen molar-refractivity contribution in [2.45, 2.75) is 31.7 Å². The minimum absolute atomic E-state index is 0.0564. The standard InChI is InChI=1S/C22H21F4N/c1-15(20-11-5-8-17-7-2-3-10-21(17)20)27-14-19(23)13-16-6-4-9-18(12-16)22(24,25)26/h2-12,15,19,27H,13-14H2,1H3/t15-,19-/m1/s1. The molecule has 0 aliphatic carbocycles. The van der Waals surface area contributed by atoms with Crippen LogP contribution in [0.3, 0.4) is 0 Å². The molecule has 3 aromatic carbocycles. The lowest BCUT2D eigenvalue weighted by molar-refractivity contribution is -0.137. The molecular weight excluding hydrogens is 354 g/mol. The first kappa shape index (κ1) is 19.4. The van der Waals surface area contributed by atoms with Crippen molar-refractivity contribution in [2.75, 3.05) is 6.54 Å². The van der Waals surface area contributed by atoms with Crippen LogP contribution in [0.25, 0.3) is 10.8 Å². The molecule has 1 N–H and O–H groups in total. The zero-order valence-corrected chi connectivity index (χ0v) is 14.9. The quantitative estimate of drug-likeness (QED) is 0.514. The monoisotopic (exact) mass is 375 g/mol. The van der Waals surface area contributed by atoms with Crippen molar-refractivity contribution in [3.63, 3.8) is 0 Å². The molecule has 5 heteroatoms. The van der Waals surface area contributed by atoms with E-state index in [4.69, 9.17) is 0 Å². The van der Waals surface area contributed by atoms with Gasteiger partial charge in [-0.2, -0.15) is 13.2 Å². The van der Waals surface area contributed by atoms with Crippen molar-refractivity contribution >= 4 is 10.8 Å². The van der Waals surface area contributed by atoms with Crippen LogP contribution in [-0.2, 0) is 12.6 Å². The molecule has 27 heavy (non-hydrogen) atoms. The Hall–Kier alpha value is -2.40. The molecule has 0 fully saturated rings. The molecule has 2 atom stereocenters. The Balaban J connectivity index is 1.63. The van der Waals surface area contributed by atoms with E-state index in [-0.39, 0.29) is 19.0 Å². The van der Waals surface area contributed by atoms with Crippen LogP contribution < -0.4 is 5.32 Å². The van der Waals surface area contributed by atoms with Gasteiger partial charge in [0, 0.05) is 19.0 Å². The van der Waals surface area contributed by atoms with Crippen LogP contribution >= 0.6 is 0 Å². The number of hydrogen-bond donors (Lipinski definition) is 1. The fraction of sp³-hybridized carbons (Fsp3) is 0.273. The summed E-state index contributed by atoms with van der Waals surface area (Å²) in [6.07, 6.45) is -5.74. The molecule has 142 valence electrons. The van der Waals surface area contributed by atoms with E-state index in [2.05, 4.69) is 5.32 Å². The van der Waals surface area contributed by atoms with Gasteiger partial charge in [0.1, 0.15) is 6.17 Å². The van der Waals surface area contributed by atoms with Gasteiger partial charge in [-0.3, -0.25) is 0 Å². The van der Waals surface area contributed by atoms with Crippen molar-refractivity contribution in [3.05, 3.63) is 83.4 Å². The average molecular weight is 375 g/mol. The summed E-state index contributed by atoms with van der Waals surface area (Å²) in [5.41, 5.74) is 0.667. The van der Waals surface area contributed by atoms with Crippen molar-refractivity contribution < 1.29 is 17.6 Å². The highest BCUT2D eigenvalue weighted by molar-refractivity contribution is 5.86. The summed E-state index contributed by atoms with van der Waals surface area (Å²) in [5.74, 6) is 0. The van der Waals surface area contributed by atoms with Crippen molar-refractivity contribution in [2.24, 2.45) is 0 Å². The first-order valence-electron chi connectivity index (χ1n) is 8.86. The SMILES string of the molecule is C[C@@H](NC[C@H](F)Cc1cccc(C(F)(F)F)c1)c1cccc2ccccc12. The van der Waals surface area contributed by atoms with E-state index in [1.807, 2.05) is 49.4 Å². The van der Waals surface area contributed by atoms with Gasteiger partial charge < -0.3 is 5.32 Å². The second kappa shape index (κ2) is 8.09. The Morgan fingerprint density at radius 1 is 0.926 bits per heavy atom. The maximum atomic E-state index is 14.4. The topological polar surface area (TPSA) is 12.0 Å². The van der Waals surface area contributed by atoms with Gasteiger partial charge in [-0.05, 0) is 34.9 Å². The largest absolute Gasteiger partial charge is 0.416 e. The zero-order valence-electron chi connectivity index (χ0n) is 14.9. The van der Waals surface area contributed by atoms with Crippen molar-refractivity contribution in [1.82, 2.24) is 5.32 Å². The highest BCUT2D eigenvalue weighted by atomic mass is 19.4. The predicted octanol–water partition coefficient (Wildman–Crippen LogP) is 6.09. The van der Waals surface area contributed by atoms with Gasteiger partial charge in [0.2, 0.25) is 0 Å². The number of nitrogens with one attached hydrogen (secondary N) is 1. The van der Waals surface area contributed by atoms with Crippen molar-refractivity contribution in [1.29, 1.82) is 0 Å². The number of rotatable bonds is 6. The first-order chi connectivity index (χ1) is 12.8. The Bertz CT molecular complexity index is 899. The number of benzene rings is 3. The smallest absolute Gasteiger partial charge is 0.307 e. The molecule has 0 saturated heterocycles. The molecule has 0 saturated carbocycles. The summed E-state index contributed by atoms with van der Waals surface area (Å²) < 4.78 is 52.7. The van der Waals surface area contributed by atoms with Crippen LogP contribution in [0.2, 0.25) is 0 Å². The van der Waals surface area contributed by atoms with Crippen LogP contribution in [0.5, 0.6) is 0 Å². The van der Waals surface area contributed by atoms with Gasteiger partial charge in [-0.1, -0.05) is 60.7 Å². The molecule has 0 aliphatic rings. The van der Waals surface area contributed by atoms with E-state index in [1.54, 1.807) is 0 Å². The molecule has 0 amide bonds. The summed E-state index contributed by atoms with van der Waals surface area (Å²) in [5, 5.41) is 5.38. The summed E-state index contributed by atoms with van der Waals surface area (Å²) in [6.45, 7) is 2.03. The van der Waals surface area contributed by atoms with Crippen LogP contribution in [0, 0.1) is 0 Å². The van der Waals surface area contributed by atoms with Crippen LogP contribution in [0.15, 0.2) is 66.7 Å². The maximum Gasteiger partial charge on any atom is 0.416 e. The van der Waals surface area contributed by atoms with E-state index >= 15 is 0 Å². The number of halogens is 4. The van der Waals surface area contributed by atoms with Gasteiger partial charge in [0.05, 0.1) is 5.56 Å². The highest BCUT2D eigenvalue weighted by Crippen LogP contribution is 2.30. The lowest BCUT2D eigenvalue weighted by Crippen LogP contribution is -2.28. The molecule has 3 rings (SSSR count). The minimum Gasteiger partial charge on any atom is -0.307 e. The summed E-state index contributed by atoms with van der Waals surface area (Å²) in [4.78, 5) is 0. The Morgan fingerprint density at radius 2 is 1.63 bits per heavy atom. The van der Waals surface area contributed by atoms with Gasteiger partial charge in [0.15, 0.2) is 0 Å². The molecule has 0 aromatic heterocycles. The summed E-state index contributed by atoms with van der Waals surface area (Å²) in [7, 11) is 0. The molecule has 0 unspecified atom stereocenters. The van der Waals surface area contributed by atoms with Gasteiger partial charge in [-0.25, -0.2) is 4.39 Å². The van der Waals surface area contributed by atoms with E-state index in [0.717, 1.165) is 28.5 Å². The maximum absolute atomic E-state index is 14.4. The lowest BCUT2D eigenvalue weighted by atomic mass is 9.99. The third-order valence-corrected chi connectivity index (χ3v) is 4.65. The third kappa shape index (κ3) is 4.86. The van der Waals surface area contributed by atoms with Crippen LogP contribution in [0.4, 0.5) is 17.6 Å². The van der Waals surface area contributed by atoms with Gasteiger partial charge in [0.25, 0.3) is 0 Å². The molecule has 0 radical (unpaired) electrons. The fourth-order valence-electron chi connectivity index (χ4n) is 3.25. The molecular formula is C22H21F4N. The number of hydrogen-bond acceptors (Lipinski definition) is 1. The average Bonchev–Trinajstić information content (AvgIpc) is 2.65. The zero-order chi connectivity index (χ0) is 19.4. The minimum atomic E-state index is -4.41. The van der Waals surface area contributed by atoms with Crippen molar-refractivity contribution in [3.8, 4) is 0 Å². The third-order valence-electron chi connectivity index (χ3n) is 4.65. The molecule has 0 bridgehead atoms. The second-order valence-corrected chi connectivity index (χ2v) is 6.70. The second-order valence-electron chi connectivity index (χ2n) is 6.70. The Labute approximate surface area is 156 Å². The highest BCUT2D eigenvalue weighted by Gasteiger charge is 2.30. The van der Waals surface area contributed by atoms with E-state index in [9.17, 15) is 17.6 Å². The fourth-order valence-corrected chi connectivity index (χ4v) is 3.25. The number of alkyl halides is 4. The lowest BCUT2D eigenvalue weighted by Gasteiger charge is -2.18. The van der Waals surface area contributed by atoms with E-state index in [1.165, 1.54) is 12.1 Å². The molecule has 0 aliphatic heterocycles. The summed E-state index contributed by atoms with van der Waals surface area (Å²) in [6, 6.07) is 18.8. The summed E-state index contributed by atoms with van der Waals surface area (Å²) >= 11 is 0. The Morgan fingerprint density at radius 3 is 2.41 bits per heavy atom. The van der Waals surface area contributed by atoms with Gasteiger partial charge in [-0.15, -0.1) is 0 Å². The Kier molecular flexibility index (Phi) is 5.80. The normalized spacial score (nSPS) is 14.3. The van der Waals surface area contributed by atoms with Gasteiger partial charge >= 0.3 is 6.18 Å².